The van der Waals surface area contributed by atoms with Gasteiger partial charge in [-0.25, -0.2) is 9.59 Å². The normalized spacial score (nSPS) is 13.0. The lowest BCUT2D eigenvalue weighted by Crippen LogP contribution is -2.30. The van der Waals surface area contributed by atoms with Gasteiger partial charge in [0.1, 0.15) is 12.2 Å². The van der Waals surface area contributed by atoms with Crippen LogP contribution in [0.25, 0.3) is 11.1 Å². The lowest BCUT2D eigenvalue weighted by atomic mass is 9.98. The zero-order chi connectivity index (χ0) is 24.2. The minimum Gasteiger partial charge on any atom is -0.479 e. The van der Waals surface area contributed by atoms with E-state index in [1.807, 2.05) is 48.5 Å². The summed E-state index contributed by atoms with van der Waals surface area (Å²) in [4.78, 5) is 35.7. The van der Waals surface area contributed by atoms with Gasteiger partial charge in [0.2, 0.25) is 0 Å². The Bertz CT molecular complexity index is 1190. The van der Waals surface area contributed by atoms with E-state index in [9.17, 15) is 19.5 Å². The van der Waals surface area contributed by atoms with E-state index in [1.54, 1.807) is 7.05 Å². The van der Waals surface area contributed by atoms with Gasteiger partial charge >= 0.3 is 12.1 Å². The molecule has 4 N–H and O–H groups in total. The van der Waals surface area contributed by atoms with Gasteiger partial charge in [0.05, 0.1) is 0 Å². The van der Waals surface area contributed by atoms with Crippen LogP contribution in [0.5, 0.6) is 0 Å². The Hall–Kier alpha value is -4.18. The minimum absolute atomic E-state index is 0.0102. The van der Waals surface area contributed by atoms with Crippen LogP contribution in [0.15, 0.2) is 54.7 Å². The van der Waals surface area contributed by atoms with Gasteiger partial charge in [-0.3, -0.25) is 14.8 Å². The van der Waals surface area contributed by atoms with Crippen molar-refractivity contribution in [2.24, 2.45) is 7.05 Å². The van der Waals surface area contributed by atoms with Crippen LogP contribution < -0.4 is 10.6 Å². The monoisotopic (exact) mass is 464 g/mol. The predicted octanol–water partition coefficient (Wildman–Crippen LogP) is 2.35. The standard InChI is InChI=1S/C24H24N4O6/c1-28-12-18(22(30)25-11-10-20(29)23(31)32)21(27-28)26-24(33)34-13-19-16-8-4-2-6-14(16)15-7-3-5-9-17(15)19/h2-9,12,19-20,29H,10-11,13H2,1H3,(H,25,30)(H,31,32)(H,26,27,33). The van der Waals surface area contributed by atoms with Crippen LogP contribution in [0.3, 0.4) is 0 Å². The molecule has 1 aliphatic carbocycles. The molecule has 1 aromatic heterocycles. The maximum atomic E-state index is 12.5. The molecule has 0 bridgehead atoms. The van der Waals surface area contributed by atoms with Crippen LogP contribution in [-0.4, -0.2) is 57.2 Å². The topological polar surface area (TPSA) is 143 Å². The predicted molar refractivity (Wildman–Crippen MR) is 122 cm³/mol. The van der Waals surface area contributed by atoms with E-state index < -0.39 is 24.1 Å². The Morgan fingerprint density at radius 3 is 2.32 bits per heavy atom. The number of nitrogens with one attached hydrogen (secondary N) is 2. The first-order chi connectivity index (χ1) is 16.3. The molecule has 2 amide bonds. The van der Waals surface area contributed by atoms with Crippen molar-refractivity contribution in [3.8, 4) is 11.1 Å². The average molecular weight is 464 g/mol. The Balaban J connectivity index is 1.39. The first-order valence-corrected chi connectivity index (χ1v) is 10.7. The fraction of sp³-hybridized carbons (Fsp3) is 0.250. The Kier molecular flexibility index (Phi) is 6.60. The van der Waals surface area contributed by atoms with E-state index in [-0.39, 0.29) is 36.9 Å². The number of aliphatic hydroxyl groups excluding tert-OH is 1. The number of aliphatic carboxylic acids is 1. The summed E-state index contributed by atoms with van der Waals surface area (Å²) < 4.78 is 6.86. The Morgan fingerprint density at radius 2 is 1.71 bits per heavy atom. The molecule has 0 spiro atoms. The number of aromatic nitrogens is 2. The third-order valence-electron chi connectivity index (χ3n) is 5.63. The summed E-state index contributed by atoms with van der Waals surface area (Å²) in [5.74, 6) is -2.03. The van der Waals surface area contributed by atoms with Crippen molar-refractivity contribution in [3.63, 3.8) is 0 Å². The van der Waals surface area contributed by atoms with E-state index >= 15 is 0 Å². The van der Waals surface area contributed by atoms with Gasteiger partial charge in [0.25, 0.3) is 5.91 Å². The van der Waals surface area contributed by atoms with Crippen LogP contribution in [0.1, 0.15) is 33.8 Å². The molecule has 3 aromatic rings. The summed E-state index contributed by atoms with van der Waals surface area (Å²) in [5.41, 5.74) is 4.48. The first kappa shape index (κ1) is 23.0. The minimum atomic E-state index is -1.58. The molecular weight excluding hydrogens is 440 g/mol. The zero-order valence-electron chi connectivity index (χ0n) is 18.4. The highest BCUT2D eigenvalue weighted by atomic mass is 16.5. The fourth-order valence-corrected chi connectivity index (χ4v) is 4.02. The molecule has 0 saturated carbocycles. The molecule has 0 saturated heterocycles. The lowest BCUT2D eigenvalue weighted by molar-refractivity contribution is -0.146. The number of rotatable bonds is 8. The van der Waals surface area contributed by atoms with Crippen molar-refractivity contribution in [1.82, 2.24) is 15.1 Å². The maximum absolute atomic E-state index is 12.5. The van der Waals surface area contributed by atoms with Crippen LogP contribution in [0, 0.1) is 0 Å². The van der Waals surface area contributed by atoms with E-state index in [1.165, 1.54) is 10.9 Å². The maximum Gasteiger partial charge on any atom is 0.412 e. The molecule has 0 aliphatic heterocycles. The van der Waals surface area contributed by atoms with Gasteiger partial charge in [-0.2, -0.15) is 5.10 Å². The molecule has 10 heteroatoms. The first-order valence-electron chi connectivity index (χ1n) is 10.7. The fourth-order valence-electron chi connectivity index (χ4n) is 4.02. The van der Waals surface area contributed by atoms with Crippen LogP contribution in [0.2, 0.25) is 0 Å². The largest absolute Gasteiger partial charge is 0.479 e. The smallest absolute Gasteiger partial charge is 0.412 e. The van der Waals surface area contributed by atoms with Crippen molar-refractivity contribution in [1.29, 1.82) is 0 Å². The van der Waals surface area contributed by atoms with Crippen molar-refractivity contribution in [3.05, 3.63) is 71.4 Å². The number of fused-ring (bicyclic) bond motifs is 3. The van der Waals surface area contributed by atoms with Gasteiger partial charge < -0.3 is 20.3 Å². The van der Waals surface area contributed by atoms with Gasteiger partial charge in [-0.15, -0.1) is 0 Å². The SMILES string of the molecule is Cn1cc(C(=O)NCCC(O)C(=O)O)c(NC(=O)OCC2c3ccccc3-c3ccccc32)n1. The van der Waals surface area contributed by atoms with E-state index in [2.05, 4.69) is 15.7 Å². The number of aliphatic hydroxyl groups is 1. The van der Waals surface area contributed by atoms with Crippen molar-refractivity contribution in [2.75, 3.05) is 18.5 Å². The summed E-state index contributed by atoms with van der Waals surface area (Å²) in [6.45, 7) is 0.0485. The highest BCUT2D eigenvalue weighted by Crippen LogP contribution is 2.44. The molecule has 1 heterocycles. The second-order valence-electron chi connectivity index (χ2n) is 7.91. The molecule has 2 aromatic carbocycles. The number of carboxylic acids is 1. The summed E-state index contributed by atoms with van der Waals surface area (Å²) in [6.07, 6.45) is -1.07. The number of amides is 2. The van der Waals surface area contributed by atoms with Gasteiger partial charge in [-0.05, 0) is 22.3 Å². The second-order valence-corrected chi connectivity index (χ2v) is 7.91. The average Bonchev–Trinajstić information content (AvgIpc) is 3.34. The zero-order valence-corrected chi connectivity index (χ0v) is 18.4. The molecular formula is C24H24N4O6. The number of aryl methyl sites for hydroxylation is 1. The molecule has 4 rings (SSSR count). The molecule has 1 unspecified atom stereocenters. The second kappa shape index (κ2) is 9.75. The van der Waals surface area contributed by atoms with Gasteiger partial charge in [0.15, 0.2) is 11.9 Å². The van der Waals surface area contributed by atoms with Gasteiger partial charge in [-0.1, -0.05) is 48.5 Å². The van der Waals surface area contributed by atoms with Crippen LogP contribution in [0.4, 0.5) is 10.6 Å². The van der Waals surface area contributed by atoms with E-state index in [0.29, 0.717) is 0 Å². The highest BCUT2D eigenvalue weighted by Gasteiger charge is 2.29. The van der Waals surface area contributed by atoms with Crippen molar-refractivity contribution in [2.45, 2.75) is 18.4 Å². The summed E-state index contributed by atoms with van der Waals surface area (Å²) in [6, 6.07) is 16.0. The lowest BCUT2D eigenvalue weighted by Gasteiger charge is -2.14. The summed E-state index contributed by atoms with van der Waals surface area (Å²) in [7, 11) is 1.59. The number of carbonyl (C=O) groups is 3. The number of nitrogens with zero attached hydrogens (tertiary/aromatic N) is 2. The number of carboxylic acid groups (broad SMARTS) is 1. The number of ether oxygens (including phenoxy) is 1. The quantitative estimate of drug-likeness (QED) is 0.401. The Labute approximate surface area is 195 Å². The number of benzene rings is 2. The molecule has 0 fully saturated rings. The Morgan fingerprint density at radius 1 is 1.09 bits per heavy atom. The van der Waals surface area contributed by atoms with Crippen molar-refractivity contribution >= 4 is 23.8 Å². The van der Waals surface area contributed by atoms with E-state index in [0.717, 1.165) is 22.3 Å². The number of anilines is 1. The van der Waals surface area contributed by atoms with E-state index in [4.69, 9.17) is 9.84 Å². The summed E-state index contributed by atoms with van der Waals surface area (Å²) >= 11 is 0. The van der Waals surface area contributed by atoms with Crippen LogP contribution >= 0.6 is 0 Å². The van der Waals surface area contributed by atoms with Crippen molar-refractivity contribution < 1.29 is 29.3 Å². The number of hydrogen-bond acceptors (Lipinski definition) is 6. The third kappa shape index (κ3) is 4.76. The molecule has 1 aliphatic rings. The molecule has 34 heavy (non-hydrogen) atoms. The highest BCUT2D eigenvalue weighted by molar-refractivity contribution is 6.01. The molecule has 10 nitrogen and oxygen atoms in total. The van der Waals surface area contributed by atoms with Gasteiger partial charge in [0, 0.05) is 32.1 Å². The number of hydrogen-bond donors (Lipinski definition) is 4. The van der Waals surface area contributed by atoms with Crippen LogP contribution in [-0.2, 0) is 16.6 Å². The summed E-state index contributed by atoms with van der Waals surface area (Å²) in [5, 5.41) is 27.1. The molecule has 1 atom stereocenters. The molecule has 0 radical (unpaired) electrons. The number of carbonyl (C=O) groups excluding carboxylic acids is 2. The third-order valence-corrected chi connectivity index (χ3v) is 5.63. The molecule has 176 valence electrons.